The number of nitrogens with one attached hydrogen (secondary N) is 1. The number of fused-ring (bicyclic) bond motifs is 1. The molecule has 2 aromatic rings. The van der Waals surface area contributed by atoms with Gasteiger partial charge in [0.25, 0.3) is 5.91 Å². The fraction of sp³-hybridized carbons (Fsp3) is 0.167. The maximum Gasteiger partial charge on any atom is 0.262 e. The van der Waals surface area contributed by atoms with Crippen LogP contribution in [0, 0.1) is 11.8 Å². The molecule has 0 unspecified atom stereocenters. The number of para-hydroxylation sites is 1. The third-order valence-electron chi connectivity index (χ3n) is 3.30. The lowest BCUT2D eigenvalue weighted by atomic mass is 10.1. The van der Waals surface area contributed by atoms with Crippen LogP contribution in [0.15, 0.2) is 54.6 Å². The van der Waals surface area contributed by atoms with Crippen LogP contribution >= 0.6 is 0 Å². The van der Waals surface area contributed by atoms with E-state index in [-0.39, 0.29) is 5.91 Å². The van der Waals surface area contributed by atoms with Gasteiger partial charge in [-0.1, -0.05) is 48.2 Å². The van der Waals surface area contributed by atoms with E-state index >= 15 is 0 Å². The first-order valence-corrected chi connectivity index (χ1v) is 6.89. The zero-order chi connectivity index (χ0) is 14.5. The molecule has 0 spiro atoms. The van der Waals surface area contributed by atoms with E-state index in [2.05, 4.69) is 17.2 Å². The third kappa shape index (κ3) is 3.24. The van der Waals surface area contributed by atoms with Gasteiger partial charge in [0.15, 0.2) is 6.10 Å². The molecular weight excluding hydrogens is 262 g/mol. The molecule has 2 aromatic carbocycles. The minimum Gasteiger partial charge on any atom is -0.480 e. The van der Waals surface area contributed by atoms with Crippen LogP contribution in [0.2, 0.25) is 0 Å². The molecule has 0 aromatic heterocycles. The van der Waals surface area contributed by atoms with Crippen LogP contribution in [-0.4, -0.2) is 18.6 Å². The number of carbonyl (C=O) groups excluding carboxylic acids is 1. The number of ether oxygens (including phenoxy) is 1. The topological polar surface area (TPSA) is 38.3 Å². The highest BCUT2D eigenvalue weighted by Gasteiger charge is 2.28. The maximum absolute atomic E-state index is 12.0. The molecule has 1 N–H and O–H groups in total. The minimum atomic E-state index is -0.444. The van der Waals surface area contributed by atoms with Crippen molar-refractivity contribution in [2.24, 2.45) is 0 Å². The van der Waals surface area contributed by atoms with Crippen molar-refractivity contribution in [2.45, 2.75) is 12.5 Å². The molecule has 0 fully saturated rings. The smallest absolute Gasteiger partial charge is 0.262 e. The summed E-state index contributed by atoms with van der Waals surface area (Å²) in [5.74, 6) is 6.62. The summed E-state index contributed by atoms with van der Waals surface area (Å²) in [4.78, 5) is 12.0. The number of carbonyl (C=O) groups is 1. The van der Waals surface area contributed by atoms with Crippen LogP contribution in [0.25, 0.3) is 0 Å². The highest BCUT2D eigenvalue weighted by atomic mass is 16.5. The predicted octanol–water partition coefficient (Wildman–Crippen LogP) is 2.16. The van der Waals surface area contributed by atoms with Crippen LogP contribution in [0.3, 0.4) is 0 Å². The highest BCUT2D eigenvalue weighted by Crippen LogP contribution is 2.27. The third-order valence-corrected chi connectivity index (χ3v) is 3.30. The Morgan fingerprint density at radius 3 is 2.71 bits per heavy atom. The largest absolute Gasteiger partial charge is 0.480 e. The van der Waals surface area contributed by atoms with Crippen LogP contribution in [0.4, 0.5) is 0 Å². The summed E-state index contributed by atoms with van der Waals surface area (Å²) in [5.41, 5.74) is 2.02. The van der Waals surface area contributed by atoms with E-state index < -0.39 is 6.10 Å². The number of amides is 1. The molecular formula is C18H15NO2. The molecule has 3 nitrogen and oxygen atoms in total. The summed E-state index contributed by atoms with van der Waals surface area (Å²) in [5, 5.41) is 2.79. The molecule has 0 saturated carbocycles. The Kier molecular flexibility index (Phi) is 3.88. The highest BCUT2D eigenvalue weighted by molar-refractivity contribution is 5.82. The molecule has 0 saturated heterocycles. The lowest BCUT2D eigenvalue weighted by Crippen LogP contribution is -2.37. The van der Waals surface area contributed by atoms with Crippen molar-refractivity contribution < 1.29 is 9.53 Å². The summed E-state index contributed by atoms with van der Waals surface area (Å²) < 4.78 is 5.62. The van der Waals surface area contributed by atoms with E-state index in [0.29, 0.717) is 13.0 Å². The van der Waals surface area contributed by atoms with Crippen molar-refractivity contribution >= 4 is 5.91 Å². The quantitative estimate of drug-likeness (QED) is 0.854. The average Bonchev–Trinajstić information content (AvgIpc) is 2.96. The molecule has 1 heterocycles. The number of rotatable bonds is 2. The second kappa shape index (κ2) is 6.15. The van der Waals surface area contributed by atoms with Crippen molar-refractivity contribution in [3.8, 4) is 17.6 Å². The normalized spacial score (nSPS) is 15.3. The Bertz CT molecular complexity index is 673. The Morgan fingerprint density at radius 1 is 1.14 bits per heavy atom. The first-order valence-electron chi connectivity index (χ1n) is 6.89. The van der Waals surface area contributed by atoms with Crippen LogP contribution in [-0.2, 0) is 11.2 Å². The average molecular weight is 277 g/mol. The van der Waals surface area contributed by atoms with E-state index in [0.717, 1.165) is 16.9 Å². The monoisotopic (exact) mass is 277 g/mol. The lowest BCUT2D eigenvalue weighted by molar-refractivity contribution is -0.126. The fourth-order valence-electron chi connectivity index (χ4n) is 2.24. The Morgan fingerprint density at radius 2 is 1.90 bits per heavy atom. The number of hydrogen-bond acceptors (Lipinski definition) is 2. The molecule has 1 amide bonds. The van der Waals surface area contributed by atoms with Gasteiger partial charge >= 0.3 is 0 Å². The van der Waals surface area contributed by atoms with Gasteiger partial charge in [-0.25, -0.2) is 0 Å². The predicted molar refractivity (Wildman–Crippen MR) is 80.9 cm³/mol. The molecule has 1 aliphatic rings. The fourth-order valence-corrected chi connectivity index (χ4v) is 2.24. The van der Waals surface area contributed by atoms with Gasteiger partial charge in [0.1, 0.15) is 5.75 Å². The van der Waals surface area contributed by atoms with Crippen molar-refractivity contribution in [3.05, 3.63) is 65.7 Å². The Balaban J connectivity index is 1.51. The van der Waals surface area contributed by atoms with E-state index in [1.807, 2.05) is 54.6 Å². The number of benzene rings is 2. The van der Waals surface area contributed by atoms with Crippen molar-refractivity contribution in [1.82, 2.24) is 5.32 Å². The minimum absolute atomic E-state index is 0.117. The van der Waals surface area contributed by atoms with Crippen LogP contribution in [0.5, 0.6) is 5.75 Å². The van der Waals surface area contributed by atoms with Crippen molar-refractivity contribution in [2.75, 3.05) is 6.54 Å². The van der Waals surface area contributed by atoms with E-state index in [4.69, 9.17) is 4.74 Å². The summed E-state index contributed by atoms with van der Waals surface area (Å²) in [7, 11) is 0. The summed E-state index contributed by atoms with van der Waals surface area (Å²) in [6, 6.07) is 17.4. The van der Waals surface area contributed by atoms with Crippen molar-refractivity contribution in [3.63, 3.8) is 0 Å². The second-order valence-corrected chi connectivity index (χ2v) is 4.80. The number of hydrogen-bond donors (Lipinski definition) is 1. The van der Waals surface area contributed by atoms with E-state index in [1.54, 1.807) is 0 Å². The molecule has 0 aliphatic carbocycles. The van der Waals surface area contributed by atoms with Gasteiger partial charge in [0.2, 0.25) is 0 Å². The van der Waals surface area contributed by atoms with Gasteiger partial charge in [0, 0.05) is 12.0 Å². The molecule has 21 heavy (non-hydrogen) atoms. The SMILES string of the molecule is O=C(NCC#Cc1ccccc1)[C@@H]1Cc2ccccc2O1. The first kappa shape index (κ1) is 13.3. The molecule has 1 atom stereocenters. The molecule has 0 radical (unpaired) electrons. The van der Waals surface area contributed by atoms with Gasteiger partial charge < -0.3 is 10.1 Å². The Hall–Kier alpha value is -2.73. The zero-order valence-electron chi connectivity index (χ0n) is 11.5. The Labute approximate surface area is 123 Å². The second-order valence-electron chi connectivity index (χ2n) is 4.80. The van der Waals surface area contributed by atoms with Gasteiger partial charge in [-0.2, -0.15) is 0 Å². The van der Waals surface area contributed by atoms with Gasteiger partial charge in [-0.05, 0) is 23.8 Å². The molecule has 0 bridgehead atoms. The molecule has 1 aliphatic heterocycles. The summed E-state index contributed by atoms with van der Waals surface area (Å²) in [6.07, 6.45) is 0.176. The van der Waals surface area contributed by atoms with Gasteiger partial charge in [-0.3, -0.25) is 4.79 Å². The van der Waals surface area contributed by atoms with Gasteiger partial charge in [-0.15, -0.1) is 0 Å². The van der Waals surface area contributed by atoms with Gasteiger partial charge in [0.05, 0.1) is 6.54 Å². The molecule has 3 rings (SSSR count). The van der Waals surface area contributed by atoms with E-state index in [1.165, 1.54) is 0 Å². The summed E-state index contributed by atoms with van der Waals surface area (Å²) in [6.45, 7) is 0.323. The first-order chi connectivity index (χ1) is 10.3. The standard InChI is InChI=1S/C18H15NO2/c20-18(17-13-15-10-4-5-11-16(15)21-17)19-12-6-9-14-7-2-1-3-8-14/h1-5,7-8,10-11,17H,12-13H2,(H,19,20)/t17-/m0/s1. The zero-order valence-corrected chi connectivity index (χ0v) is 11.5. The lowest BCUT2D eigenvalue weighted by Gasteiger charge is -2.09. The molecule has 104 valence electrons. The maximum atomic E-state index is 12.0. The van der Waals surface area contributed by atoms with Crippen molar-refractivity contribution in [1.29, 1.82) is 0 Å². The summed E-state index contributed by atoms with van der Waals surface area (Å²) >= 11 is 0. The van der Waals surface area contributed by atoms with Crippen LogP contribution in [0.1, 0.15) is 11.1 Å². The molecule has 3 heteroatoms. The van der Waals surface area contributed by atoms with Crippen LogP contribution < -0.4 is 10.1 Å². The van der Waals surface area contributed by atoms with E-state index in [9.17, 15) is 4.79 Å².